The number of hydrogen-bond donors (Lipinski definition) is 2. The van der Waals surface area contributed by atoms with Gasteiger partial charge in [-0.1, -0.05) is 43.7 Å². The molecule has 3 aliphatic rings. The van der Waals surface area contributed by atoms with Crippen LogP contribution in [0.5, 0.6) is 11.5 Å². The molecule has 0 atom stereocenters. The number of oxime groups is 1. The van der Waals surface area contributed by atoms with Crippen molar-refractivity contribution in [3.05, 3.63) is 48.0 Å². The molecule has 2 amide bonds. The minimum absolute atomic E-state index is 0.0220. The second-order valence-corrected chi connectivity index (χ2v) is 12.9. The van der Waals surface area contributed by atoms with Gasteiger partial charge in [-0.25, -0.2) is 9.08 Å². The van der Waals surface area contributed by atoms with Gasteiger partial charge in [0, 0.05) is 36.2 Å². The van der Waals surface area contributed by atoms with Gasteiger partial charge in [0.15, 0.2) is 0 Å². The van der Waals surface area contributed by atoms with E-state index in [9.17, 15) is 18.0 Å². The lowest BCUT2D eigenvalue weighted by Gasteiger charge is -2.50. The Morgan fingerprint density at radius 1 is 1.00 bits per heavy atom. The standard InChI is InChI=1S/C32H41N3O8S/c1-23(36)34-26-14-16-27(17-15-26)42-44(38,39)43-33-20-8-9-21-40-28-18-19-30-29(22-28)32(41-31(37)35-30,24-10-4-2-5-11-24)25-12-6-3-7-13-25/h14-20,22,24-25H,2-13,21H2,1H3,(H,34,36)(H,35,37). The molecule has 12 heteroatoms. The number of nitrogens with one attached hydrogen (secondary N) is 2. The molecule has 1 heterocycles. The third-order valence-electron chi connectivity index (χ3n) is 8.66. The fourth-order valence-corrected chi connectivity index (χ4v) is 7.37. The molecule has 2 saturated carbocycles. The van der Waals surface area contributed by atoms with Crippen LogP contribution in [0, 0.1) is 11.8 Å². The maximum Gasteiger partial charge on any atom is 0.521 e. The number of carbonyl (C=O) groups is 2. The Bertz CT molecular complexity index is 1410. The third-order valence-corrected chi connectivity index (χ3v) is 9.33. The molecule has 2 N–H and O–H groups in total. The highest BCUT2D eigenvalue weighted by atomic mass is 32.3. The lowest BCUT2D eigenvalue weighted by molar-refractivity contribution is -0.114. The molecule has 2 aliphatic carbocycles. The summed E-state index contributed by atoms with van der Waals surface area (Å²) in [5.41, 5.74) is 1.70. The van der Waals surface area contributed by atoms with Gasteiger partial charge in [0.25, 0.3) is 0 Å². The quantitative estimate of drug-likeness (QED) is 0.145. The first-order valence-electron chi connectivity index (χ1n) is 15.5. The first-order valence-corrected chi connectivity index (χ1v) is 16.9. The smallest absolute Gasteiger partial charge is 0.494 e. The zero-order valence-corrected chi connectivity index (χ0v) is 25.9. The SMILES string of the molecule is CC(=O)Nc1ccc(OS(=O)(=O)ON=CCCCOc2ccc3c(c2)C(C2CCCCC2)(C2CCCCC2)OC(=O)N3)cc1. The Morgan fingerprint density at radius 2 is 1.64 bits per heavy atom. The summed E-state index contributed by atoms with van der Waals surface area (Å²) in [4.78, 5) is 24.0. The van der Waals surface area contributed by atoms with Crippen molar-refractivity contribution < 1.29 is 35.9 Å². The van der Waals surface area contributed by atoms with Crippen LogP contribution in [0.4, 0.5) is 16.2 Å². The van der Waals surface area contributed by atoms with Crippen molar-refractivity contribution in [2.24, 2.45) is 17.0 Å². The van der Waals surface area contributed by atoms with Crippen molar-refractivity contribution in [2.75, 3.05) is 17.2 Å². The number of benzene rings is 2. The van der Waals surface area contributed by atoms with Crippen LogP contribution in [0.1, 0.15) is 89.5 Å². The van der Waals surface area contributed by atoms with E-state index in [1.165, 1.54) is 50.2 Å². The Morgan fingerprint density at radius 3 is 2.27 bits per heavy atom. The Balaban J connectivity index is 1.16. The molecule has 1 aliphatic heterocycles. The van der Waals surface area contributed by atoms with Crippen molar-refractivity contribution in [1.29, 1.82) is 0 Å². The Hall–Kier alpha value is -3.80. The van der Waals surface area contributed by atoms with Gasteiger partial charge in [0.1, 0.15) is 17.1 Å². The largest absolute Gasteiger partial charge is 0.521 e. The van der Waals surface area contributed by atoms with Crippen LogP contribution in [-0.2, 0) is 29.8 Å². The van der Waals surface area contributed by atoms with Gasteiger partial charge in [0.2, 0.25) is 5.91 Å². The summed E-state index contributed by atoms with van der Waals surface area (Å²) in [5, 5.41) is 9.02. The van der Waals surface area contributed by atoms with Gasteiger partial charge in [-0.05, 0) is 81.0 Å². The van der Waals surface area contributed by atoms with Crippen molar-refractivity contribution in [3.63, 3.8) is 0 Å². The molecule has 2 fully saturated rings. The fraction of sp³-hybridized carbons (Fsp3) is 0.531. The molecule has 11 nitrogen and oxygen atoms in total. The molecule has 5 rings (SSSR count). The molecular formula is C32H41N3O8S. The van der Waals surface area contributed by atoms with Gasteiger partial charge in [-0.2, -0.15) is 0 Å². The average Bonchev–Trinajstić information content (AvgIpc) is 3.01. The van der Waals surface area contributed by atoms with Crippen LogP contribution >= 0.6 is 0 Å². The summed E-state index contributed by atoms with van der Waals surface area (Å²) in [6, 6.07) is 11.6. The topological polar surface area (TPSA) is 142 Å². The van der Waals surface area contributed by atoms with Crippen molar-refractivity contribution >= 4 is 40.0 Å². The van der Waals surface area contributed by atoms with Gasteiger partial charge in [-0.15, -0.1) is 8.42 Å². The molecular weight excluding hydrogens is 586 g/mol. The number of cyclic esters (lactones) is 1. The minimum atomic E-state index is -4.41. The number of anilines is 2. The van der Waals surface area contributed by atoms with Gasteiger partial charge in [-0.3, -0.25) is 10.1 Å². The highest BCUT2D eigenvalue weighted by Crippen LogP contribution is 2.55. The number of unbranched alkanes of at least 4 members (excludes halogenated alkanes) is 1. The first-order chi connectivity index (χ1) is 21.2. The monoisotopic (exact) mass is 627 g/mol. The molecule has 0 spiro atoms. The van der Waals surface area contributed by atoms with E-state index < -0.39 is 16.0 Å². The third kappa shape index (κ3) is 7.82. The zero-order chi connectivity index (χ0) is 31.0. The molecule has 44 heavy (non-hydrogen) atoms. The summed E-state index contributed by atoms with van der Waals surface area (Å²) >= 11 is 0. The van der Waals surface area contributed by atoms with Crippen LogP contribution in [0.15, 0.2) is 47.6 Å². The molecule has 0 saturated heterocycles. The van der Waals surface area contributed by atoms with E-state index in [1.54, 1.807) is 0 Å². The maximum absolute atomic E-state index is 12.9. The normalized spacial score (nSPS) is 19.0. The van der Waals surface area contributed by atoms with E-state index in [0.29, 0.717) is 42.7 Å². The van der Waals surface area contributed by atoms with E-state index in [4.69, 9.17) is 13.7 Å². The summed E-state index contributed by atoms with van der Waals surface area (Å²) in [5.74, 6) is 1.06. The van der Waals surface area contributed by atoms with E-state index in [0.717, 1.165) is 62.6 Å². The molecule has 2 aromatic carbocycles. The average molecular weight is 628 g/mol. The fourth-order valence-electron chi connectivity index (χ4n) is 6.82. The number of fused-ring (bicyclic) bond motifs is 1. The minimum Gasteiger partial charge on any atom is -0.494 e. The van der Waals surface area contributed by atoms with Crippen LogP contribution in [0.25, 0.3) is 0 Å². The highest BCUT2D eigenvalue weighted by Gasteiger charge is 2.53. The summed E-state index contributed by atoms with van der Waals surface area (Å²) in [7, 11) is -4.41. The second kappa shape index (κ2) is 14.3. The van der Waals surface area contributed by atoms with Crippen molar-refractivity contribution in [3.8, 4) is 11.5 Å². The zero-order valence-electron chi connectivity index (χ0n) is 25.1. The van der Waals surface area contributed by atoms with Crippen LogP contribution in [-0.4, -0.2) is 33.2 Å². The van der Waals surface area contributed by atoms with E-state index in [2.05, 4.69) is 20.1 Å². The Kier molecular flexibility index (Phi) is 10.3. The van der Waals surface area contributed by atoms with Crippen molar-refractivity contribution in [2.45, 2.75) is 89.6 Å². The van der Waals surface area contributed by atoms with Crippen LogP contribution in [0.2, 0.25) is 0 Å². The van der Waals surface area contributed by atoms with Gasteiger partial charge < -0.3 is 19.0 Å². The molecule has 2 aromatic rings. The first kappa shape index (κ1) is 31.6. The van der Waals surface area contributed by atoms with Gasteiger partial charge in [0.05, 0.1) is 12.3 Å². The van der Waals surface area contributed by atoms with Crippen LogP contribution in [0.3, 0.4) is 0 Å². The number of nitrogens with zero attached hydrogens (tertiary/aromatic N) is 1. The number of ether oxygens (including phenoxy) is 2. The van der Waals surface area contributed by atoms with Crippen molar-refractivity contribution in [1.82, 2.24) is 0 Å². The van der Waals surface area contributed by atoms with E-state index in [-0.39, 0.29) is 17.7 Å². The molecule has 0 aromatic heterocycles. The van der Waals surface area contributed by atoms with E-state index in [1.807, 2.05) is 18.2 Å². The predicted octanol–water partition coefficient (Wildman–Crippen LogP) is 7.05. The number of amides is 2. The lowest BCUT2D eigenvalue weighted by atomic mass is 9.62. The molecule has 0 bridgehead atoms. The predicted molar refractivity (Wildman–Crippen MR) is 166 cm³/mol. The van der Waals surface area contributed by atoms with E-state index >= 15 is 0 Å². The molecule has 238 valence electrons. The molecule has 0 unspecified atom stereocenters. The maximum atomic E-state index is 12.9. The van der Waals surface area contributed by atoms with Gasteiger partial charge >= 0.3 is 16.5 Å². The molecule has 0 radical (unpaired) electrons. The summed E-state index contributed by atoms with van der Waals surface area (Å²) in [6.07, 6.45) is 13.3. The summed E-state index contributed by atoms with van der Waals surface area (Å²) in [6.45, 7) is 1.75. The Labute approximate surface area is 259 Å². The van der Waals surface area contributed by atoms with Crippen LogP contribution < -0.4 is 19.6 Å². The number of rotatable bonds is 12. The number of carbonyl (C=O) groups excluding carboxylic acids is 2. The highest BCUT2D eigenvalue weighted by molar-refractivity contribution is 7.82. The summed E-state index contributed by atoms with van der Waals surface area (Å²) < 4.78 is 46.0. The second-order valence-electron chi connectivity index (χ2n) is 11.7. The lowest BCUT2D eigenvalue weighted by Crippen LogP contribution is -2.51. The number of hydrogen-bond acceptors (Lipinski definition) is 9.